The monoisotopic (exact) mass is 240 g/mol. The summed E-state index contributed by atoms with van der Waals surface area (Å²) < 4.78 is 0. The van der Waals surface area contributed by atoms with Gasteiger partial charge < -0.3 is 26.0 Å². The highest BCUT2D eigenvalue weighted by Crippen LogP contribution is 2.23. The molecule has 94 valence electrons. The van der Waals surface area contributed by atoms with Crippen LogP contribution in [-0.2, 0) is 0 Å². The van der Waals surface area contributed by atoms with Gasteiger partial charge in [0.05, 0.1) is 12.6 Å². The Morgan fingerprint density at radius 3 is 2.35 bits per heavy atom. The molecule has 0 saturated heterocycles. The summed E-state index contributed by atoms with van der Waals surface area (Å²) in [5.74, 6) is -0.288. The molecule has 0 spiro atoms. The van der Waals surface area contributed by atoms with Crippen molar-refractivity contribution in [1.29, 1.82) is 0 Å². The van der Waals surface area contributed by atoms with E-state index >= 15 is 0 Å². The van der Waals surface area contributed by atoms with Gasteiger partial charge in [0.25, 0.3) is 0 Å². The Labute approximate surface area is 98.9 Å². The Kier molecular flexibility index (Phi) is 4.59. The second-order valence-electron chi connectivity index (χ2n) is 3.62. The standard InChI is InChI=1S/C11H16N2O4/c1-2-7(6-14)12-11(17)13-8-3-9(15)5-10(16)4-8/h3-5,7,14-16H,2,6H2,1H3,(H2,12,13,17). The number of rotatable bonds is 4. The summed E-state index contributed by atoms with van der Waals surface area (Å²) in [6.45, 7) is 1.69. The normalized spacial score (nSPS) is 11.9. The summed E-state index contributed by atoms with van der Waals surface area (Å²) >= 11 is 0. The number of anilines is 1. The van der Waals surface area contributed by atoms with Crippen LogP contribution in [0.3, 0.4) is 0 Å². The lowest BCUT2D eigenvalue weighted by molar-refractivity contribution is 0.222. The second kappa shape index (κ2) is 5.95. The smallest absolute Gasteiger partial charge is 0.319 e. The molecule has 0 radical (unpaired) electrons. The summed E-state index contributed by atoms with van der Waals surface area (Å²) in [6, 6.07) is 2.95. The van der Waals surface area contributed by atoms with Gasteiger partial charge in [0, 0.05) is 23.9 Å². The molecule has 17 heavy (non-hydrogen) atoms. The van der Waals surface area contributed by atoms with Gasteiger partial charge in [-0.25, -0.2) is 4.79 Å². The van der Waals surface area contributed by atoms with Crippen LogP contribution in [0.4, 0.5) is 10.5 Å². The van der Waals surface area contributed by atoms with E-state index < -0.39 is 6.03 Å². The first kappa shape index (κ1) is 13.1. The van der Waals surface area contributed by atoms with Crippen molar-refractivity contribution >= 4 is 11.7 Å². The summed E-state index contributed by atoms with van der Waals surface area (Å²) in [6.07, 6.45) is 0.606. The lowest BCUT2D eigenvalue weighted by atomic mass is 10.2. The van der Waals surface area contributed by atoms with Crippen molar-refractivity contribution in [2.75, 3.05) is 11.9 Å². The average Bonchev–Trinajstić information content (AvgIpc) is 2.24. The number of nitrogens with one attached hydrogen (secondary N) is 2. The first-order valence-electron chi connectivity index (χ1n) is 5.26. The van der Waals surface area contributed by atoms with Gasteiger partial charge in [-0.1, -0.05) is 6.92 Å². The van der Waals surface area contributed by atoms with Crippen molar-refractivity contribution < 1.29 is 20.1 Å². The van der Waals surface area contributed by atoms with Crippen LogP contribution in [0.2, 0.25) is 0 Å². The fourth-order valence-corrected chi connectivity index (χ4v) is 1.30. The largest absolute Gasteiger partial charge is 0.508 e. The quantitative estimate of drug-likeness (QED) is 0.541. The lowest BCUT2D eigenvalue weighted by Crippen LogP contribution is -2.39. The number of hydrogen-bond acceptors (Lipinski definition) is 4. The highest BCUT2D eigenvalue weighted by Gasteiger charge is 2.09. The van der Waals surface area contributed by atoms with Crippen LogP contribution >= 0.6 is 0 Å². The average molecular weight is 240 g/mol. The number of urea groups is 1. The maximum Gasteiger partial charge on any atom is 0.319 e. The number of aliphatic hydroxyl groups excluding tert-OH is 1. The highest BCUT2D eigenvalue weighted by atomic mass is 16.3. The van der Waals surface area contributed by atoms with Gasteiger partial charge in [0.1, 0.15) is 11.5 Å². The number of phenols is 2. The molecule has 6 nitrogen and oxygen atoms in total. The SMILES string of the molecule is CCC(CO)NC(=O)Nc1cc(O)cc(O)c1. The second-order valence-corrected chi connectivity index (χ2v) is 3.62. The molecular formula is C11H16N2O4. The van der Waals surface area contributed by atoms with Gasteiger partial charge >= 0.3 is 6.03 Å². The van der Waals surface area contributed by atoms with Gasteiger partial charge in [-0.3, -0.25) is 0 Å². The molecule has 0 aliphatic rings. The molecule has 0 bridgehead atoms. The van der Waals surface area contributed by atoms with Crippen molar-refractivity contribution in [3.05, 3.63) is 18.2 Å². The van der Waals surface area contributed by atoms with E-state index in [4.69, 9.17) is 5.11 Å². The Hall–Kier alpha value is -1.95. The predicted molar refractivity (Wildman–Crippen MR) is 63.1 cm³/mol. The molecule has 1 rings (SSSR count). The molecule has 1 aromatic carbocycles. The minimum atomic E-state index is -0.504. The zero-order valence-corrected chi connectivity index (χ0v) is 9.47. The highest BCUT2D eigenvalue weighted by molar-refractivity contribution is 5.89. The van der Waals surface area contributed by atoms with E-state index in [1.807, 2.05) is 6.92 Å². The number of aliphatic hydroxyl groups is 1. The zero-order valence-electron chi connectivity index (χ0n) is 9.47. The van der Waals surface area contributed by atoms with E-state index in [9.17, 15) is 15.0 Å². The molecular weight excluding hydrogens is 224 g/mol. The van der Waals surface area contributed by atoms with E-state index in [1.54, 1.807) is 0 Å². The van der Waals surface area contributed by atoms with Crippen molar-refractivity contribution in [3.8, 4) is 11.5 Å². The van der Waals surface area contributed by atoms with Crippen LogP contribution in [0, 0.1) is 0 Å². The molecule has 2 amide bonds. The van der Waals surface area contributed by atoms with E-state index in [2.05, 4.69) is 10.6 Å². The number of amides is 2. The first-order valence-corrected chi connectivity index (χ1v) is 5.26. The summed E-state index contributed by atoms with van der Waals surface area (Å²) in [4.78, 5) is 11.5. The molecule has 1 unspecified atom stereocenters. The van der Waals surface area contributed by atoms with Crippen LogP contribution in [0.25, 0.3) is 0 Å². The molecule has 0 saturated carbocycles. The number of phenolic OH excluding ortho intramolecular Hbond substituents is 2. The number of hydrogen-bond donors (Lipinski definition) is 5. The van der Waals surface area contributed by atoms with Crippen molar-refractivity contribution in [1.82, 2.24) is 5.32 Å². The van der Waals surface area contributed by atoms with Gasteiger partial charge in [0.15, 0.2) is 0 Å². The predicted octanol–water partition coefficient (Wildman–Crippen LogP) is 0.990. The molecule has 0 aliphatic heterocycles. The van der Waals surface area contributed by atoms with E-state index in [0.717, 1.165) is 6.07 Å². The number of benzene rings is 1. The minimum absolute atomic E-state index is 0.144. The maximum absolute atomic E-state index is 11.5. The number of carbonyl (C=O) groups is 1. The van der Waals surface area contributed by atoms with Crippen molar-refractivity contribution in [2.24, 2.45) is 0 Å². The van der Waals surface area contributed by atoms with Crippen LogP contribution in [-0.4, -0.2) is 34.0 Å². The van der Waals surface area contributed by atoms with Gasteiger partial charge in [-0.2, -0.15) is 0 Å². The third-order valence-electron chi connectivity index (χ3n) is 2.21. The molecule has 6 heteroatoms. The van der Waals surface area contributed by atoms with Gasteiger partial charge in [0.2, 0.25) is 0 Å². The zero-order chi connectivity index (χ0) is 12.8. The van der Waals surface area contributed by atoms with Crippen LogP contribution in [0.1, 0.15) is 13.3 Å². The molecule has 0 aromatic heterocycles. The van der Waals surface area contributed by atoms with Gasteiger partial charge in [-0.05, 0) is 6.42 Å². The number of carbonyl (C=O) groups excluding carboxylic acids is 1. The fraction of sp³-hybridized carbons (Fsp3) is 0.364. The van der Waals surface area contributed by atoms with Crippen LogP contribution < -0.4 is 10.6 Å². The molecule has 0 heterocycles. The Balaban J connectivity index is 2.61. The third kappa shape index (κ3) is 4.20. The summed E-state index contributed by atoms with van der Waals surface area (Å²) in [5, 5.41) is 32.3. The maximum atomic E-state index is 11.5. The minimum Gasteiger partial charge on any atom is -0.508 e. The Morgan fingerprint density at radius 2 is 1.88 bits per heavy atom. The van der Waals surface area contributed by atoms with Crippen LogP contribution in [0.15, 0.2) is 18.2 Å². The molecule has 0 aliphatic carbocycles. The topological polar surface area (TPSA) is 102 Å². The lowest BCUT2D eigenvalue weighted by Gasteiger charge is -2.14. The molecule has 5 N–H and O–H groups in total. The molecule has 1 aromatic rings. The van der Waals surface area contributed by atoms with E-state index in [0.29, 0.717) is 6.42 Å². The number of aromatic hydroxyl groups is 2. The molecule has 0 fully saturated rings. The third-order valence-corrected chi connectivity index (χ3v) is 2.21. The summed E-state index contributed by atoms with van der Waals surface area (Å²) in [5.41, 5.74) is 0.271. The Bertz CT molecular complexity index is 371. The van der Waals surface area contributed by atoms with E-state index in [-0.39, 0.29) is 29.8 Å². The van der Waals surface area contributed by atoms with Gasteiger partial charge in [-0.15, -0.1) is 0 Å². The van der Waals surface area contributed by atoms with Crippen LogP contribution in [0.5, 0.6) is 11.5 Å². The fourth-order valence-electron chi connectivity index (χ4n) is 1.30. The Morgan fingerprint density at radius 1 is 1.29 bits per heavy atom. The van der Waals surface area contributed by atoms with E-state index in [1.165, 1.54) is 12.1 Å². The van der Waals surface area contributed by atoms with Crippen molar-refractivity contribution in [2.45, 2.75) is 19.4 Å². The van der Waals surface area contributed by atoms with Crippen molar-refractivity contribution in [3.63, 3.8) is 0 Å². The summed E-state index contributed by atoms with van der Waals surface area (Å²) in [7, 11) is 0. The molecule has 1 atom stereocenters. The first-order chi connectivity index (χ1) is 8.05.